The fourth-order valence-corrected chi connectivity index (χ4v) is 6.28. The first-order valence-corrected chi connectivity index (χ1v) is 13.3. The largest absolute Gasteiger partial charge is 0.490 e. The van der Waals surface area contributed by atoms with Crippen LogP contribution in [0.1, 0.15) is 32.1 Å². The maximum atomic E-state index is 13.2. The summed E-state index contributed by atoms with van der Waals surface area (Å²) in [5.74, 6) is 1.37. The van der Waals surface area contributed by atoms with E-state index >= 15 is 0 Å². The summed E-state index contributed by atoms with van der Waals surface area (Å²) in [4.78, 5) is 29.2. The summed E-state index contributed by atoms with van der Waals surface area (Å²) >= 11 is 0. The molecular weight excluding hydrogens is 446 g/mol. The number of rotatable bonds is 4. The molecule has 33 heavy (non-hydrogen) atoms. The second-order valence-electron chi connectivity index (χ2n) is 9.26. The minimum absolute atomic E-state index is 0.0844. The Bertz CT molecular complexity index is 1010. The molecular formula is C23H31N3O6S. The highest BCUT2D eigenvalue weighted by Gasteiger charge is 2.38. The van der Waals surface area contributed by atoms with Gasteiger partial charge in [-0.05, 0) is 37.8 Å². The van der Waals surface area contributed by atoms with E-state index in [0.29, 0.717) is 76.8 Å². The van der Waals surface area contributed by atoms with Crippen LogP contribution in [-0.4, -0.2) is 86.8 Å². The summed E-state index contributed by atoms with van der Waals surface area (Å²) in [6.07, 6.45) is 3.75. The molecule has 0 aromatic heterocycles. The maximum absolute atomic E-state index is 13.2. The number of sulfonamides is 1. The Morgan fingerprint density at radius 3 is 1.88 bits per heavy atom. The second-order valence-corrected chi connectivity index (χ2v) is 11.2. The number of benzene rings is 1. The molecule has 3 fully saturated rings. The molecule has 0 bridgehead atoms. The van der Waals surface area contributed by atoms with Crippen molar-refractivity contribution in [3.05, 3.63) is 18.2 Å². The summed E-state index contributed by atoms with van der Waals surface area (Å²) in [5.41, 5.74) is 0. The quantitative estimate of drug-likeness (QED) is 0.649. The lowest BCUT2D eigenvalue weighted by Crippen LogP contribution is -2.53. The van der Waals surface area contributed by atoms with Gasteiger partial charge in [-0.25, -0.2) is 8.42 Å². The molecule has 180 valence electrons. The van der Waals surface area contributed by atoms with Crippen LogP contribution >= 0.6 is 0 Å². The monoisotopic (exact) mass is 477 g/mol. The molecule has 0 radical (unpaired) electrons. The van der Waals surface area contributed by atoms with Crippen LogP contribution in [0.4, 0.5) is 0 Å². The number of hydrogen-bond donors (Lipinski definition) is 0. The maximum Gasteiger partial charge on any atom is 0.243 e. The summed E-state index contributed by atoms with van der Waals surface area (Å²) in [6.45, 7) is 3.98. The Kier molecular flexibility index (Phi) is 6.22. The Hall–Kier alpha value is -2.33. The lowest BCUT2D eigenvalue weighted by atomic mass is 9.96. The first-order valence-electron chi connectivity index (χ1n) is 11.9. The van der Waals surface area contributed by atoms with Gasteiger partial charge in [0, 0.05) is 63.6 Å². The number of ether oxygens (including phenoxy) is 2. The van der Waals surface area contributed by atoms with Gasteiger partial charge in [0.1, 0.15) is 0 Å². The van der Waals surface area contributed by atoms with Crippen molar-refractivity contribution in [1.82, 2.24) is 14.1 Å². The summed E-state index contributed by atoms with van der Waals surface area (Å²) in [7, 11) is -3.67. The molecule has 1 aliphatic carbocycles. The minimum atomic E-state index is -3.67. The van der Waals surface area contributed by atoms with E-state index < -0.39 is 10.0 Å². The van der Waals surface area contributed by atoms with Crippen molar-refractivity contribution in [2.45, 2.75) is 37.0 Å². The molecule has 9 nitrogen and oxygen atoms in total. The van der Waals surface area contributed by atoms with E-state index in [4.69, 9.17) is 9.47 Å². The van der Waals surface area contributed by atoms with Gasteiger partial charge < -0.3 is 19.3 Å². The van der Waals surface area contributed by atoms with Gasteiger partial charge in [0.25, 0.3) is 0 Å². The summed E-state index contributed by atoms with van der Waals surface area (Å²) in [6, 6.07) is 4.75. The molecule has 0 unspecified atom stereocenters. The topological polar surface area (TPSA) is 96.5 Å². The molecule has 2 saturated heterocycles. The molecule has 1 aromatic rings. The van der Waals surface area contributed by atoms with E-state index in [9.17, 15) is 18.0 Å². The van der Waals surface area contributed by atoms with Crippen LogP contribution in [0.3, 0.4) is 0 Å². The Morgan fingerprint density at radius 2 is 1.30 bits per heavy atom. The van der Waals surface area contributed by atoms with Gasteiger partial charge in [-0.2, -0.15) is 4.31 Å². The summed E-state index contributed by atoms with van der Waals surface area (Å²) in [5, 5.41) is 0. The highest BCUT2D eigenvalue weighted by atomic mass is 32.2. The number of hydrogen-bond acceptors (Lipinski definition) is 6. The zero-order valence-corrected chi connectivity index (χ0v) is 19.6. The van der Waals surface area contributed by atoms with Crippen LogP contribution in [0, 0.1) is 11.8 Å². The predicted molar refractivity (Wildman–Crippen MR) is 119 cm³/mol. The second kappa shape index (κ2) is 9.13. The SMILES string of the molecule is O=C(C1CC1)N1CCN(C(=O)C2CCN(S(=O)(=O)c3ccc4c(c3)OCCCO4)CC2)CC1. The smallest absolute Gasteiger partial charge is 0.243 e. The van der Waals surface area contributed by atoms with Crippen molar-refractivity contribution in [1.29, 1.82) is 0 Å². The van der Waals surface area contributed by atoms with E-state index in [2.05, 4.69) is 0 Å². The Morgan fingerprint density at radius 1 is 0.758 bits per heavy atom. The number of fused-ring (bicyclic) bond motifs is 1. The van der Waals surface area contributed by atoms with E-state index in [1.807, 2.05) is 9.80 Å². The standard InChI is InChI=1S/C23H31N3O6S/c27-22(17-2-3-17)24-10-12-25(13-11-24)23(28)18-6-8-26(9-7-18)33(29,30)19-4-5-20-21(16-19)32-15-1-14-31-20/h4-5,16-18H,1-3,6-15H2. The number of carbonyl (C=O) groups is 2. The summed E-state index contributed by atoms with van der Waals surface area (Å²) < 4.78 is 39.1. The molecule has 1 saturated carbocycles. The van der Waals surface area contributed by atoms with Crippen LogP contribution < -0.4 is 9.47 Å². The predicted octanol–water partition coefficient (Wildman–Crippen LogP) is 1.33. The van der Waals surface area contributed by atoms with Gasteiger partial charge in [0.05, 0.1) is 18.1 Å². The Labute approximate surface area is 194 Å². The van der Waals surface area contributed by atoms with Gasteiger partial charge in [-0.1, -0.05) is 0 Å². The lowest BCUT2D eigenvalue weighted by Gasteiger charge is -2.38. The average Bonchev–Trinajstić information content (AvgIpc) is 3.70. The zero-order valence-electron chi connectivity index (χ0n) is 18.8. The molecule has 0 spiro atoms. The van der Waals surface area contributed by atoms with Gasteiger partial charge >= 0.3 is 0 Å². The third kappa shape index (κ3) is 4.68. The third-order valence-electron chi connectivity index (χ3n) is 6.99. The molecule has 5 rings (SSSR count). The molecule has 3 heterocycles. The van der Waals surface area contributed by atoms with Gasteiger partial charge in [0.15, 0.2) is 11.5 Å². The molecule has 1 aromatic carbocycles. The van der Waals surface area contributed by atoms with Crippen molar-refractivity contribution in [3.63, 3.8) is 0 Å². The van der Waals surface area contributed by atoms with Crippen LogP contribution in [-0.2, 0) is 19.6 Å². The third-order valence-corrected chi connectivity index (χ3v) is 8.88. The normalized spacial score (nSPS) is 22.7. The van der Waals surface area contributed by atoms with E-state index in [1.54, 1.807) is 12.1 Å². The molecule has 4 aliphatic rings. The van der Waals surface area contributed by atoms with Gasteiger partial charge in [0.2, 0.25) is 21.8 Å². The average molecular weight is 478 g/mol. The molecule has 10 heteroatoms. The van der Waals surface area contributed by atoms with Crippen LogP contribution in [0.2, 0.25) is 0 Å². The fourth-order valence-electron chi connectivity index (χ4n) is 4.79. The zero-order chi connectivity index (χ0) is 23.0. The molecule has 0 atom stereocenters. The first-order chi connectivity index (χ1) is 15.9. The number of nitrogens with zero attached hydrogens (tertiary/aromatic N) is 3. The van der Waals surface area contributed by atoms with Crippen molar-refractivity contribution in [2.75, 3.05) is 52.5 Å². The number of carbonyl (C=O) groups excluding carboxylic acids is 2. The van der Waals surface area contributed by atoms with E-state index in [-0.39, 0.29) is 28.5 Å². The van der Waals surface area contributed by atoms with Gasteiger partial charge in [-0.15, -0.1) is 0 Å². The van der Waals surface area contributed by atoms with Crippen molar-refractivity contribution in [3.8, 4) is 11.5 Å². The molecule has 0 N–H and O–H groups in total. The van der Waals surface area contributed by atoms with Crippen LogP contribution in [0.15, 0.2) is 23.1 Å². The lowest BCUT2D eigenvalue weighted by molar-refractivity contribution is -0.143. The van der Waals surface area contributed by atoms with Gasteiger partial charge in [-0.3, -0.25) is 9.59 Å². The van der Waals surface area contributed by atoms with Crippen molar-refractivity contribution in [2.24, 2.45) is 11.8 Å². The molecule has 3 aliphatic heterocycles. The fraction of sp³-hybridized carbons (Fsp3) is 0.652. The molecule has 2 amide bonds. The first kappa shape index (κ1) is 22.5. The minimum Gasteiger partial charge on any atom is -0.490 e. The number of piperazine rings is 1. The Balaban J connectivity index is 1.16. The number of amides is 2. The van der Waals surface area contributed by atoms with Crippen LogP contribution in [0.5, 0.6) is 11.5 Å². The van der Waals surface area contributed by atoms with E-state index in [0.717, 1.165) is 19.3 Å². The van der Waals surface area contributed by atoms with Crippen LogP contribution in [0.25, 0.3) is 0 Å². The van der Waals surface area contributed by atoms with Crippen molar-refractivity contribution < 1.29 is 27.5 Å². The number of piperidine rings is 1. The van der Waals surface area contributed by atoms with E-state index in [1.165, 1.54) is 10.4 Å². The highest BCUT2D eigenvalue weighted by molar-refractivity contribution is 7.89. The van der Waals surface area contributed by atoms with Crippen molar-refractivity contribution >= 4 is 21.8 Å². The highest BCUT2D eigenvalue weighted by Crippen LogP contribution is 2.34.